The molecule has 2 aromatic rings. The van der Waals surface area contributed by atoms with Crippen LogP contribution in [0.25, 0.3) is 0 Å². The zero-order valence-electron chi connectivity index (χ0n) is 13.5. The van der Waals surface area contributed by atoms with Gasteiger partial charge in [0.2, 0.25) is 5.91 Å². The van der Waals surface area contributed by atoms with Gasteiger partial charge in [-0.15, -0.1) is 0 Å². The van der Waals surface area contributed by atoms with E-state index in [1.807, 2.05) is 0 Å². The predicted octanol–water partition coefficient (Wildman–Crippen LogP) is 1.72. The summed E-state index contributed by atoms with van der Waals surface area (Å²) in [5.74, 6) is 0.120. The molecule has 1 unspecified atom stereocenters. The van der Waals surface area contributed by atoms with Gasteiger partial charge in [-0.3, -0.25) is 4.79 Å². The van der Waals surface area contributed by atoms with Crippen LogP contribution in [0.3, 0.4) is 0 Å². The SMILES string of the molecule is COC1(COc2cccc(F)c2)CCN(C(=O)Cn2ccnc2)C1. The van der Waals surface area contributed by atoms with Gasteiger partial charge in [0.05, 0.1) is 12.9 Å². The molecule has 1 fully saturated rings. The molecule has 1 aliphatic rings. The topological polar surface area (TPSA) is 56.6 Å². The zero-order valence-corrected chi connectivity index (χ0v) is 13.5. The monoisotopic (exact) mass is 333 g/mol. The summed E-state index contributed by atoms with van der Waals surface area (Å²) in [5, 5.41) is 0. The van der Waals surface area contributed by atoms with Crippen molar-refractivity contribution in [2.45, 2.75) is 18.6 Å². The normalized spacial score (nSPS) is 20.3. The number of nitrogens with zero attached hydrogens (tertiary/aromatic N) is 3. The van der Waals surface area contributed by atoms with Gasteiger partial charge in [-0.05, 0) is 18.6 Å². The van der Waals surface area contributed by atoms with E-state index in [4.69, 9.17) is 9.47 Å². The molecule has 0 bridgehead atoms. The highest BCUT2D eigenvalue weighted by molar-refractivity contribution is 5.76. The molecule has 0 aliphatic carbocycles. The highest BCUT2D eigenvalue weighted by atomic mass is 19.1. The second kappa shape index (κ2) is 7.00. The smallest absolute Gasteiger partial charge is 0.242 e. The summed E-state index contributed by atoms with van der Waals surface area (Å²) in [4.78, 5) is 18.1. The third kappa shape index (κ3) is 3.73. The van der Waals surface area contributed by atoms with Crippen LogP contribution in [0, 0.1) is 5.82 Å². The summed E-state index contributed by atoms with van der Waals surface area (Å²) in [7, 11) is 1.61. The fourth-order valence-electron chi connectivity index (χ4n) is 2.81. The number of hydrogen-bond acceptors (Lipinski definition) is 4. The number of carbonyl (C=O) groups is 1. The van der Waals surface area contributed by atoms with E-state index in [1.165, 1.54) is 12.1 Å². The van der Waals surface area contributed by atoms with Crippen molar-refractivity contribution in [2.24, 2.45) is 0 Å². The Labute approximate surface area is 139 Å². The highest BCUT2D eigenvalue weighted by Gasteiger charge is 2.41. The van der Waals surface area contributed by atoms with Gasteiger partial charge in [0, 0.05) is 32.1 Å². The lowest BCUT2D eigenvalue weighted by atomic mass is 10.0. The molecule has 7 heteroatoms. The number of ether oxygens (including phenoxy) is 2. The quantitative estimate of drug-likeness (QED) is 0.808. The zero-order chi connectivity index (χ0) is 17.0. The minimum Gasteiger partial charge on any atom is -0.490 e. The van der Waals surface area contributed by atoms with Crippen LogP contribution in [0.2, 0.25) is 0 Å². The van der Waals surface area contributed by atoms with Gasteiger partial charge in [0.25, 0.3) is 0 Å². The predicted molar refractivity (Wildman–Crippen MR) is 85.1 cm³/mol. The summed E-state index contributed by atoms with van der Waals surface area (Å²) in [6, 6.07) is 5.99. The molecule has 1 saturated heterocycles. The molecule has 2 heterocycles. The van der Waals surface area contributed by atoms with Gasteiger partial charge in [-0.1, -0.05) is 6.07 Å². The van der Waals surface area contributed by atoms with E-state index in [2.05, 4.69) is 4.98 Å². The minimum atomic E-state index is -0.573. The molecule has 128 valence electrons. The van der Waals surface area contributed by atoms with Crippen molar-refractivity contribution in [1.29, 1.82) is 0 Å². The second-order valence-electron chi connectivity index (χ2n) is 5.93. The van der Waals surface area contributed by atoms with E-state index in [9.17, 15) is 9.18 Å². The van der Waals surface area contributed by atoms with Crippen LogP contribution in [0.15, 0.2) is 43.0 Å². The van der Waals surface area contributed by atoms with E-state index in [-0.39, 0.29) is 24.9 Å². The molecule has 0 spiro atoms. The maximum absolute atomic E-state index is 13.2. The molecule has 1 aliphatic heterocycles. The van der Waals surface area contributed by atoms with E-state index in [0.29, 0.717) is 25.3 Å². The fraction of sp³-hybridized carbons (Fsp3) is 0.412. The van der Waals surface area contributed by atoms with Crippen LogP contribution < -0.4 is 4.74 Å². The van der Waals surface area contributed by atoms with E-state index >= 15 is 0 Å². The van der Waals surface area contributed by atoms with Crippen LogP contribution in [-0.2, 0) is 16.1 Å². The lowest BCUT2D eigenvalue weighted by Gasteiger charge is -2.28. The first-order valence-electron chi connectivity index (χ1n) is 7.77. The molecule has 0 radical (unpaired) electrons. The largest absolute Gasteiger partial charge is 0.490 e. The average Bonchev–Trinajstić information content (AvgIpc) is 3.23. The minimum absolute atomic E-state index is 0.0117. The summed E-state index contributed by atoms with van der Waals surface area (Å²) in [6.07, 6.45) is 5.69. The first-order valence-corrected chi connectivity index (χ1v) is 7.77. The molecular weight excluding hydrogens is 313 g/mol. The van der Waals surface area contributed by atoms with Gasteiger partial charge in [0.1, 0.15) is 30.3 Å². The molecule has 1 amide bonds. The van der Waals surface area contributed by atoms with Crippen molar-refractivity contribution >= 4 is 5.91 Å². The Hall–Kier alpha value is -2.41. The maximum atomic E-state index is 13.2. The van der Waals surface area contributed by atoms with Crippen LogP contribution in [0.4, 0.5) is 4.39 Å². The van der Waals surface area contributed by atoms with Crippen molar-refractivity contribution < 1.29 is 18.7 Å². The Morgan fingerprint density at radius 1 is 1.46 bits per heavy atom. The maximum Gasteiger partial charge on any atom is 0.242 e. The third-order valence-corrected chi connectivity index (χ3v) is 4.28. The van der Waals surface area contributed by atoms with Gasteiger partial charge in [-0.2, -0.15) is 0 Å². The van der Waals surface area contributed by atoms with Crippen molar-refractivity contribution in [2.75, 3.05) is 26.8 Å². The van der Waals surface area contributed by atoms with Crippen molar-refractivity contribution in [3.8, 4) is 5.75 Å². The summed E-state index contributed by atoms with van der Waals surface area (Å²) in [5.41, 5.74) is -0.573. The Kier molecular flexibility index (Phi) is 4.80. The summed E-state index contributed by atoms with van der Waals surface area (Å²) >= 11 is 0. The van der Waals surface area contributed by atoms with E-state index < -0.39 is 5.60 Å². The lowest BCUT2D eigenvalue weighted by molar-refractivity contribution is -0.132. The van der Waals surface area contributed by atoms with Gasteiger partial charge in [-0.25, -0.2) is 9.37 Å². The summed E-state index contributed by atoms with van der Waals surface area (Å²) < 4.78 is 26.3. The molecule has 6 nitrogen and oxygen atoms in total. The van der Waals surface area contributed by atoms with E-state index in [0.717, 1.165) is 0 Å². The number of methoxy groups -OCH3 is 1. The lowest BCUT2D eigenvalue weighted by Crippen LogP contribution is -2.43. The number of imidazole rings is 1. The van der Waals surface area contributed by atoms with Crippen LogP contribution >= 0.6 is 0 Å². The Balaban J connectivity index is 1.59. The Morgan fingerprint density at radius 3 is 3.04 bits per heavy atom. The number of hydrogen-bond donors (Lipinski definition) is 0. The number of likely N-dealkylation sites (tertiary alicyclic amines) is 1. The number of halogens is 1. The van der Waals surface area contributed by atoms with Gasteiger partial charge >= 0.3 is 0 Å². The molecular formula is C17H20FN3O3. The average molecular weight is 333 g/mol. The first-order chi connectivity index (χ1) is 11.6. The molecule has 1 aromatic heterocycles. The number of benzene rings is 1. The van der Waals surface area contributed by atoms with Crippen LogP contribution in [0.5, 0.6) is 5.75 Å². The molecule has 24 heavy (non-hydrogen) atoms. The van der Waals surface area contributed by atoms with E-state index in [1.54, 1.807) is 47.4 Å². The van der Waals surface area contributed by atoms with Crippen molar-refractivity contribution in [3.05, 3.63) is 48.8 Å². The Bertz CT molecular complexity index is 692. The number of aromatic nitrogens is 2. The Morgan fingerprint density at radius 2 is 2.33 bits per heavy atom. The van der Waals surface area contributed by atoms with Gasteiger partial charge in [0.15, 0.2) is 0 Å². The number of rotatable bonds is 6. The molecule has 3 rings (SSSR count). The van der Waals surface area contributed by atoms with Crippen LogP contribution in [0.1, 0.15) is 6.42 Å². The van der Waals surface area contributed by atoms with Crippen LogP contribution in [-0.4, -0.2) is 52.8 Å². The number of amides is 1. The van der Waals surface area contributed by atoms with Crippen molar-refractivity contribution in [1.82, 2.24) is 14.5 Å². The third-order valence-electron chi connectivity index (χ3n) is 4.28. The van der Waals surface area contributed by atoms with Crippen molar-refractivity contribution in [3.63, 3.8) is 0 Å². The standard InChI is InChI=1S/C17H20FN3O3/c1-23-17(12-24-15-4-2-3-14(18)9-15)5-7-21(11-17)16(22)10-20-8-6-19-13-20/h2-4,6,8-9,13H,5,7,10-12H2,1H3. The molecule has 0 N–H and O–H groups in total. The fourth-order valence-corrected chi connectivity index (χ4v) is 2.81. The molecule has 1 atom stereocenters. The highest BCUT2D eigenvalue weighted by Crippen LogP contribution is 2.26. The first kappa shape index (κ1) is 16.4. The van der Waals surface area contributed by atoms with Gasteiger partial charge < -0.3 is 18.9 Å². The molecule has 0 saturated carbocycles. The second-order valence-corrected chi connectivity index (χ2v) is 5.93. The summed E-state index contributed by atoms with van der Waals surface area (Å²) in [6.45, 7) is 1.58. The number of carbonyl (C=O) groups excluding carboxylic acids is 1. The molecule has 1 aromatic carbocycles.